The van der Waals surface area contributed by atoms with Crippen molar-refractivity contribution in [3.63, 3.8) is 0 Å². The molecule has 6 rings (SSSR count). The molecule has 2 saturated carbocycles. The standard InChI is InChI=1S/C17H14INO2/c18-8-1-3-9(4-2-8)19-16(20)14-10-5-6-11(13-7-12(10)13)15(14)17(19)21/h1-6,10-15H,7H2/t10-,11-,12-,13-,14-,15+/m0/s1. The number of amides is 2. The molecule has 0 unspecified atom stereocenters. The van der Waals surface area contributed by atoms with E-state index in [4.69, 9.17) is 0 Å². The molecule has 3 fully saturated rings. The minimum atomic E-state index is -0.101. The first kappa shape index (κ1) is 12.4. The highest BCUT2D eigenvalue weighted by atomic mass is 127. The minimum Gasteiger partial charge on any atom is -0.274 e. The van der Waals surface area contributed by atoms with E-state index in [-0.39, 0.29) is 23.7 Å². The Morgan fingerprint density at radius 2 is 1.43 bits per heavy atom. The van der Waals surface area contributed by atoms with Gasteiger partial charge in [0.15, 0.2) is 0 Å². The highest BCUT2D eigenvalue weighted by Gasteiger charge is 2.67. The molecule has 4 heteroatoms. The van der Waals surface area contributed by atoms with Crippen molar-refractivity contribution in [2.75, 3.05) is 4.90 Å². The predicted octanol–water partition coefficient (Wildman–Crippen LogP) is 2.85. The van der Waals surface area contributed by atoms with Crippen LogP contribution in [-0.4, -0.2) is 11.8 Å². The Morgan fingerprint density at radius 1 is 0.905 bits per heavy atom. The molecule has 0 spiro atoms. The van der Waals surface area contributed by atoms with Crippen LogP contribution in [0, 0.1) is 39.1 Å². The van der Waals surface area contributed by atoms with E-state index in [9.17, 15) is 9.59 Å². The van der Waals surface area contributed by atoms with Gasteiger partial charge in [-0.3, -0.25) is 14.5 Å². The second-order valence-electron chi connectivity index (χ2n) is 6.64. The topological polar surface area (TPSA) is 37.4 Å². The number of halogens is 1. The average Bonchev–Trinajstić information content (AvgIpc) is 3.26. The van der Waals surface area contributed by atoms with Gasteiger partial charge in [0.25, 0.3) is 0 Å². The van der Waals surface area contributed by atoms with Crippen molar-refractivity contribution in [1.82, 2.24) is 0 Å². The van der Waals surface area contributed by atoms with Gasteiger partial charge in [-0.05, 0) is 76.9 Å². The predicted molar refractivity (Wildman–Crippen MR) is 86.3 cm³/mol. The maximum atomic E-state index is 12.9. The van der Waals surface area contributed by atoms with Gasteiger partial charge < -0.3 is 0 Å². The zero-order valence-corrected chi connectivity index (χ0v) is 13.4. The number of imide groups is 1. The number of benzene rings is 1. The van der Waals surface area contributed by atoms with E-state index in [1.807, 2.05) is 24.3 Å². The second kappa shape index (κ2) is 3.97. The molecule has 0 radical (unpaired) electrons. The molecule has 5 aliphatic rings. The SMILES string of the molecule is O=C1[C@@H]2[C@H]3C=C[C@@H]([C@@H]4C[C@@H]34)[C@@H]2C(=O)N1c1ccc(I)cc1. The van der Waals surface area contributed by atoms with Crippen LogP contribution in [0.25, 0.3) is 0 Å². The van der Waals surface area contributed by atoms with Crippen LogP contribution in [-0.2, 0) is 9.59 Å². The summed E-state index contributed by atoms with van der Waals surface area (Å²) in [5, 5.41) is 0. The molecule has 4 aliphatic carbocycles. The smallest absolute Gasteiger partial charge is 0.238 e. The van der Waals surface area contributed by atoms with E-state index in [2.05, 4.69) is 34.7 Å². The summed E-state index contributed by atoms with van der Waals surface area (Å²) in [4.78, 5) is 27.2. The van der Waals surface area contributed by atoms with Crippen LogP contribution in [0.3, 0.4) is 0 Å². The third-order valence-electron chi connectivity index (χ3n) is 5.75. The molecule has 106 valence electrons. The molecular weight excluding hydrogens is 377 g/mol. The van der Waals surface area contributed by atoms with Gasteiger partial charge in [0.05, 0.1) is 17.5 Å². The van der Waals surface area contributed by atoms with Crippen molar-refractivity contribution in [2.24, 2.45) is 35.5 Å². The van der Waals surface area contributed by atoms with Crippen molar-refractivity contribution < 1.29 is 9.59 Å². The van der Waals surface area contributed by atoms with Gasteiger partial charge in [0.1, 0.15) is 0 Å². The number of rotatable bonds is 1. The van der Waals surface area contributed by atoms with Crippen LogP contribution in [0.15, 0.2) is 36.4 Å². The monoisotopic (exact) mass is 391 g/mol. The molecule has 0 N–H and O–H groups in total. The van der Waals surface area contributed by atoms with E-state index >= 15 is 0 Å². The zero-order chi connectivity index (χ0) is 14.3. The number of hydrogen-bond donors (Lipinski definition) is 0. The van der Waals surface area contributed by atoms with Gasteiger partial charge >= 0.3 is 0 Å². The van der Waals surface area contributed by atoms with E-state index < -0.39 is 0 Å². The molecule has 3 nitrogen and oxygen atoms in total. The summed E-state index contributed by atoms with van der Waals surface area (Å²) < 4.78 is 1.11. The molecule has 2 bridgehead atoms. The summed E-state index contributed by atoms with van der Waals surface area (Å²) in [6.45, 7) is 0. The van der Waals surface area contributed by atoms with Crippen LogP contribution in [0.4, 0.5) is 5.69 Å². The fourth-order valence-corrected chi connectivity index (χ4v) is 5.16. The first-order chi connectivity index (χ1) is 10.2. The molecule has 1 heterocycles. The number of allylic oxidation sites excluding steroid dienone is 2. The fourth-order valence-electron chi connectivity index (χ4n) is 4.80. The van der Waals surface area contributed by atoms with Crippen molar-refractivity contribution in [1.29, 1.82) is 0 Å². The lowest BCUT2D eigenvalue weighted by molar-refractivity contribution is -0.124. The average molecular weight is 391 g/mol. The molecule has 1 saturated heterocycles. The normalized spacial score (nSPS) is 42.2. The summed E-state index contributed by atoms with van der Waals surface area (Å²) in [5.74, 6) is 1.77. The fraction of sp³-hybridized carbons (Fsp3) is 0.412. The Kier molecular flexibility index (Phi) is 2.34. The van der Waals surface area contributed by atoms with E-state index in [1.165, 1.54) is 11.3 Å². The number of carbonyl (C=O) groups is 2. The lowest BCUT2D eigenvalue weighted by Crippen LogP contribution is -2.40. The van der Waals surface area contributed by atoms with Gasteiger partial charge in [-0.25, -0.2) is 0 Å². The van der Waals surface area contributed by atoms with Gasteiger partial charge in [-0.1, -0.05) is 12.2 Å². The van der Waals surface area contributed by atoms with Crippen molar-refractivity contribution >= 4 is 40.1 Å². The summed E-state index contributed by atoms with van der Waals surface area (Å²) in [5.41, 5.74) is 0.730. The quantitative estimate of drug-likeness (QED) is 0.420. The summed E-state index contributed by atoms with van der Waals surface area (Å²) in [7, 11) is 0. The van der Waals surface area contributed by atoms with Crippen molar-refractivity contribution in [3.05, 3.63) is 40.0 Å². The Morgan fingerprint density at radius 3 is 1.95 bits per heavy atom. The molecule has 2 amide bonds. The van der Waals surface area contributed by atoms with Gasteiger partial charge in [0.2, 0.25) is 11.8 Å². The number of nitrogens with zero attached hydrogens (tertiary/aromatic N) is 1. The minimum absolute atomic E-state index is 0.0240. The number of hydrogen-bond acceptors (Lipinski definition) is 2. The molecule has 6 atom stereocenters. The third-order valence-corrected chi connectivity index (χ3v) is 6.47. The zero-order valence-electron chi connectivity index (χ0n) is 11.3. The molecule has 1 aromatic rings. The molecule has 1 aliphatic heterocycles. The highest BCUT2D eigenvalue weighted by molar-refractivity contribution is 14.1. The van der Waals surface area contributed by atoms with E-state index in [1.54, 1.807) is 0 Å². The van der Waals surface area contributed by atoms with E-state index in [0.29, 0.717) is 23.7 Å². The molecule has 21 heavy (non-hydrogen) atoms. The molecular formula is C17H14INO2. The van der Waals surface area contributed by atoms with Crippen LogP contribution < -0.4 is 4.90 Å². The first-order valence-corrected chi connectivity index (χ1v) is 8.56. The Hall–Kier alpha value is -1.17. The van der Waals surface area contributed by atoms with Crippen molar-refractivity contribution in [2.45, 2.75) is 6.42 Å². The van der Waals surface area contributed by atoms with Crippen LogP contribution >= 0.6 is 22.6 Å². The van der Waals surface area contributed by atoms with E-state index in [0.717, 1.165) is 9.26 Å². The number of anilines is 1. The second-order valence-corrected chi connectivity index (χ2v) is 7.89. The highest BCUT2D eigenvalue weighted by Crippen LogP contribution is 2.65. The van der Waals surface area contributed by atoms with Gasteiger partial charge in [-0.2, -0.15) is 0 Å². The van der Waals surface area contributed by atoms with Crippen LogP contribution in [0.2, 0.25) is 0 Å². The summed E-state index contributed by atoms with van der Waals surface area (Å²) >= 11 is 2.23. The summed E-state index contributed by atoms with van der Waals surface area (Å²) in [6.07, 6.45) is 5.63. The van der Waals surface area contributed by atoms with Crippen molar-refractivity contribution in [3.8, 4) is 0 Å². The lowest BCUT2D eigenvalue weighted by atomic mass is 9.63. The molecule has 0 aromatic heterocycles. The van der Waals surface area contributed by atoms with Gasteiger partial charge in [0, 0.05) is 3.57 Å². The third kappa shape index (κ3) is 1.49. The Balaban J connectivity index is 1.58. The molecule has 1 aromatic carbocycles. The van der Waals surface area contributed by atoms with Gasteiger partial charge in [-0.15, -0.1) is 0 Å². The van der Waals surface area contributed by atoms with Crippen LogP contribution in [0.1, 0.15) is 6.42 Å². The maximum absolute atomic E-state index is 12.9. The van der Waals surface area contributed by atoms with Crippen LogP contribution in [0.5, 0.6) is 0 Å². The summed E-state index contributed by atoms with van der Waals surface area (Å²) in [6, 6.07) is 7.65. The Labute approximate surface area is 136 Å². The number of carbonyl (C=O) groups excluding carboxylic acids is 2. The largest absolute Gasteiger partial charge is 0.274 e. The first-order valence-electron chi connectivity index (χ1n) is 7.48. The lowest BCUT2D eigenvalue weighted by Gasteiger charge is -2.37. The Bertz CT molecular complexity index is 659. The maximum Gasteiger partial charge on any atom is 0.238 e.